The standard InChI is InChI=1S/C17H20ClNS/c1-19(11-14-6-5-9-17(18)10-14)12-16(13-20)15-7-3-2-4-8-15/h2-10,16,20H,11-13H2,1H3. The maximum atomic E-state index is 6.03. The van der Waals surface area contributed by atoms with Gasteiger partial charge in [-0.3, -0.25) is 0 Å². The van der Waals surface area contributed by atoms with E-state index in [9.17, 15) is 0 Å². The molecule has 0 aliphatic rings. The summed E-state index contributed by atoms with van der Waals surface area (Å²) < 4.78 is 0. The maximum Gasteiger partial charge on any atom is 0.0409 e. The molecule has 0 saturated carbocycles. The van der Waals surface area contributed by atoms with E-state index in [1.165, 1.54) is 11.1 Å². The molecule has 20 heavy (non-hydrogen) atoms. The summed E-state index contributed by atoms with van der Waals surface area (Å²) in [6.45, 7) is 1.89. The molecule has 2 aromatic rings. The van der Waals surface area contributed by atoms with Gasteiger partial charge < -0.3 is 4.90 Å². The Morgan fingerprint density at radius 2 is 1.85 bits per heavy atom. The highest BCUT2D eigenvalue weighted by Gasteiger charge is 2.12. The van der Waals surface area contributed by atoms with Crippen LogP contribution >= 0.6 is 24.2 Å². The van der Waals surface area contributed by atoms with E-state index in [0.29, 0.717) is 5.92 Å². The van der Waals surface area contributed by atoms with Crippen molar-refractivity contribution in [2.75, 3.05) is 19.3 Å². The van der Waals surface area contributed by atoms with E-state index in [2.05, 4.69) is 61.0 Å². The third-order valence-electron chi connectivity index (χ3n) is 3.36. The van der Waals surface area contributed by atoms with Gasteiger partial charge in [0.2, 0.25) is 0 Å². The number of rotatable bonds is 6. The molecular weight excluding hydrogens is 286 g/mol. The number of thiol groups is 1. The van der Waals surface area contributed by atoms with Gasteiger partial charge in [-0.05, 0) is 36.1 Å². The normalized spacial score (nSPS) is 12.6. The smallest absolute Gasteiger partial charge is 0.0409 e. The van der Waals surface area contributed by atoms with Crippen molar-refractivity contribution in [1.29, 1.82) is 0 Å². The second kappa shape index (κ2) is 7.72. The van der Waals surface area contributed by atoms with Crippen LogP contribution in [0.2, 0.25) is 5.02 Å². The summed E-state index contributed by atoms with van der Waals surface area (Å²) in [5, 5.41) is 0.796. The molecule has 0 aliphatic heterocycles. The molecule has 0 fully saturated rings. The SMILES string of the molecule is CN(Cc1cccc(Cl)c1)CC(CS)c1ccccc1. The lowest BCUT2D eigenvalue weighted by Gasteiger charge is -2.23. The molecule has 2 rings (SSSR count). The molecule has 0 spiro atoms. The number of benzene rings is 2. The molecular formula is C17H20ClNS. The highest BCUT2D eigenvalue weighted by molar-refractivity contribution is 7.80. The lowest BCUT2D eigenvalue weighted by molar-refractivity contribution is 0.311. The van der Waals surface area contributed by atoms with E-state index in [1.54, 1.807) is 0 Å². The molecule has 1 atom stereocenters. The van der Waals surface area contributed by atoms with E-state index in [1.807, 2.05) is 18.2 Å². The monoisotopic (exact) mass is 305 g/mol. The van der Waals surface area contributed by atoms with Crippen LogP contribution in [0.4, 0.5) is 0 Å². The Balaban J connectivity index is 1.97. The minimum atomic E-state index is 0.448. The summed E-state index contributed by atoms with van der Waals surface area (Å²) in [5.41, 5.74) is 2.59. The summed E-state index contributed by atoms with van der Waals surface area (Å²) >= 11 is 10.5. The third kappa shape index (κ3) is 4.55. The molecule has 2 aromatic carbocycles. The predicted molar refractivity (Wildman–Crippen MR) is 90.8 cm³/mol. The van der Waals surface area contributed by atoms with E-state index in [-0.39, 0.29) is 0 Å². The molecule has 0 radical (unpaired) electrons. The Morgan fingerprint density at radius 1 is 1.10 bits per heavy atom. The molecule has 0 aliphatic carbocycles. The van der Waals surface area contributed by atoms with Gasteiger partial charge in [0.25, 0.3) is 0 Å². The van der Waals surface area contributed by atoms with Crippen LogP contribution in [0, 0.1) is 0 Å². The van der Waals surface area contributed by atoms with Crippen LogP contribution < -0.4 is 0 Å². The van der Waals surface area contributed by atoms with Gasteiger partial charge >= 0.3 is 0 Å². The second-order valence-corrected chi connectivity index (χ2v) is 5.92. The van der Waals surface area contributed by atoms with Crippen molar-refractivity contribution < 1.29 is 0 Å². The van der Waals surface area contributed by atoms with Gasteiger partial charge in [-0.2, -0.15) is 12.6 Å². The molecule has 0 N–H and O–H groups in total. The van der Waals surface area contributed by atoms with Crippen molar-refractivity contribution in [2.45, 2.75) is 12.5 Å². The van der Waals surface area contributed by atoms with Crippen molar-refractivity contribution in [1.82, 2.24) is 4.90 Å². The Labute approximate surface area is 132 Å². The van der Waals surface area contributed by atoms with Crippen molar-refractivity contribution in [3.05, 3.63) is 70.7 Å². The zero-order chi connectivity index (χ0) is 14.4. The zero-order valence-corrected chi connectivity index (χ0v) is 13.3. The van der Waals surface area contributed by atoms with E-state index in [0.717, 1.165) is 23.9 Å². The van der Waals surface area contributed by atoms with Gasteiger partial charge in [0.15, 0.2) is 0 Å². The summed E-state index contributed by atoms with van der Waals surface area (Å²) in [6.07, 6.45) is 0. The van der Waals surface area contributed by atoms with Gasteiger partial charge in [-0.1, -0.05) is 54.1 Å². The number of hydrogen-bond donors (Lipinski definition) is 1. The van der Waals surface area contributed by atoms with Crippen molar-refractivity contribution >= 4 is 24.2 Å². The maximum absolute atomic E-state index is 6.03. The van der Waals surface area contributed by atoms with E-state index < -0.39 is 0 Å². The van der Waals surface area contributed by atoms with E-state index >= 15 is 0 Å². The van der Waals surface area contributed by atoms with Crippen LogP contribution in [0.15, 0.2) is 54.6 Å². The lowest BCUT2D eigenvalue weighted by Crippen LogP contribution is -2.25. The second-order valence-electron chi connectivity index (χ2n) is 5.12. The summed E-state index contributed by atoms with van der Waals surface area (Å²) in [7, 11) is 2.14. The fourth-order valence-corrected chi connectivity index (χ4v) is 2.92. The molecule has 106 valence electrons. The van der Waals surface area contributed by atoms with Crippen molar-refractivity contribution in [3.63, 3.8) is 0 Å². The Morgan fingerprint density at radius 3 is 2.50 bits per heavy atom. The quantitative estimate of drug-likeness (QED) is 0.770. The summed E-state index contributed by atoms with van der Waals surface area (Å²) in [4.78, 5) is 2.32. The summed E-state index contributed by atoms with van der Waals surface area (Å²) in [6, 6.07) is 18.6. The number of hydrogen-bond acceptors (Lipinski definition) is 2. The average molecular weight is 306 g/mol. The Hall–Kier alpha value is -0.960. The van der Waals surface area contributed by atoms with Crippen LogP contribution in [0.1, 0.15) is 17.0 Å². The average Bonchev–Trinajstić information content (AvgIpc) is 2.45. The molecule has 1 nitrogen and oxygen atoms in total. The molecule has 0 saturated heterocycles. The zero-order valence-electron chi connectivity index (χ0n) is 11.7. The highest BCUT2D eigenvalue weighted by Crippen LogP contribution is 2.19. The third-order valence-corrected chi connectivity index (χ3v) is 4.04. The van der Waals surface area contributed by atoms with Gasteiger partial charge in [0.05, 0.1) is 0 Å². The lowest BCUT2D eigenvalue weighted by atomic mass is 10.0. The van der Waals surface area contributed by atoms with Gasteiger partial charge in [0, 0.05) is 24.0 Å². The number of nitrogens with zero attached hydrogens (tertiary/aromatic N) is 1. The van der Waals surface area contributed by atoms with Crippen LogP contribution in [-0.2, 0) is 6.54 Å². The first kappa shape index (κ1) is 15.4. The minimum absolute atomic E-state index is 0.448. The van der Waals surface area contributed by atoms with Crippen LogP contribution in [0.5, 0.6) is 0 Å². The molecule has 3 heteroatoms. The van der Waals surface area contributed by atoms with Gasteiger partial charge in [0.1, 0.15) is 0 Å². The largest absolute Gasteiger partial charge is 0.301 e. The first-order chi connectivity index (χ1) is 9.69. The van der Waals surface area contributed by atoms with Gasteiger partial charge in [-0.15, -0.1) is 0 Å². The highest BCUT2D eigenvalue weighted by atomic mass is 35.5. The Kier molecular flexibility index (Phi) is 5.96. The van der Waals surface area contributed by atoms with Crippen LogP contribution in [0.3, 0.4) is 0 Å². The minimum Gasteiger partial charge on any atom is -0.301 e. The fourth-order valence-electron chi connectivity index (χ4n) is 2.38. The molecule has 0 bridgehead atoms. The van der Waals surface area contributed by atoms with Gasteiger partial charge in [-0.25, -0.2) is 0 Å². The fraction of sp³-hybridized carbons (Fsp3) is 0.294. The molecule has 0 amide bonds. The molecule has 1 unspecified atom stereocenters. The van der Waals surface area contributed by atoms with Crippen molar-refractivity contribution in [2.24, 2.45) is 0 Å². The number of halogens is 1. The topological polar surface area (TPSA) is 3.24 Å². The summed E-state index contributed by atoms with van der Waals surface area (Å²) in [5.74, 6) is 1.30. The van der Waals surface area contributed by atoms with Crippen LogP contribution in [0.25, 0.3) is 0 Å². The first-order valence-corrected chi connectivity index (χ1v) is 7.79. The molecule has 0 heterocycles. The van der Waals surface area contributed by atoms with Crippen molar-refractivity contribution in [3.8, 4) is 0 Å². The predicted octanol–water partition coefficient (Wildman–Crippen LogP) is 4.49. The molecule has 0 aromatic heterocycles. The van der Waals surface area contributed by atoms with Crippen LogP contribution in [-0.4, -0.2) is 24.2 Å². The number of likely N-dealkylation sites (N-methyl/N-ethyl adjacent to an activating group) is 1. The first-order valence-electron chi connectivity index (χ1n) is 6.78. The van der Waals surface area contributed by atoms with E-state index in [4.69, 9.17) is 11.6 Å². The Bertz CT molecular complexity index is 530.